The molecule has 7 nitrogen and oxygen atoms in total. The van der Waals surface area contributed by atoms with E-state index in [2.05, 4.69) is 14.7 Å². The summed E-state index contributed by atoms with van der Waals surface area (Å²) in [6, 6.07) is 5.68. The minimum absolute atomic E-state index is 0.00367. The predicted molar refractivity (Wildman–Crippen MR) is 77.8 cm³/mol. The topological polar surface area (TPSA) is 90.4 Å². The van der Waals surface area contributed by atoms with Crippen LogP contribution in [0.3, 0.4) is 0 Å². The number of benzene rings is 1. The van der Waals surface area contributed by atoms with Crippen molar-refractivity contribution in [1.29, 1.82) is 0 Å². The lowest BCUT2D eigenvalue weighted by Crippen LogP contribution is -2.17. The number of nitrogens with one attached hydrogen (secondary N) is 1. The largest absolute Gasteiger partial charge is 0.479 e. The molecule has 2 aromatic rings. The Morgan fingerprint density at radius 1 is 1.23 bits per heavy atom. The molecule has 0 atom stereocenters. The lowest BCUT2D eigenvalue weighted by atomic mass is 10.2. The summed E-state index contributed by atoms with van der Waals surface area (Å²) in [5.74, 6) is -1.11. The molecule has 0 aliphatic heterocycles. The molecule has 2 rings (SSSR count). The van der Waals surface area contributed by atoms with Crippen molar-refractivity contribution in [1.82, 2.24) is 9.97 Å². The third-order valence-corrected chi connectivity index (χ3v) is 3.90. The van der Waals surface area contributed by atoms with Crippen LogP contribution in [0.1, 0.15) is 5.56 Å². The first-order valence-corrected chi connectivity index (χ1v) is 7.79. The zero-order valence-electron chi connectivity index (χ0n) is 11.9. The summed E-state index contributed by atoms with van der Waals surface area (Å²) in [5, 5.41) is 0. The number of nitrogens with zero attached hydrogens (tertiary/aromatic N) is 2. The Bertz CT molecular complexity index is 768. The van der Waals surface area contributed by atoms with Crippen molar-refractivity contribution in [3.63, 3.8) is 0 Å². The molecule has 22 heavy (non-hydrogen) atoms. The van der Waals surface area contributed by atoms with Gasteiger partial charge in [-0.2, -0.15) is 4.98 Å². The Balaban J connectivity index is 2.24. The van der Waals surface area contributed by atoms with Gasteiger partial charge in [-0.3, -0.25) is 4.72 Å². The molecule has 0 aliphatic rings. The van der Waals surface area contributed by atoms with Gasteiger partial charge in [-0.1, -0.05) is 18.2 Å². The SMILES string of the molecule is COc1ncc(NS(=O)(=O)Cc2ccccc2F)c(OC)n1. The number of halogens is 1. The Hall–Kier alpha value is -2.42. The maximum Gasteiger partial charge on any atom is 0.319 e. The fourth-order valence-corrected chi connectivity index (χ4v) is 2.89. The van der Waals surface area contributed by atoms with Gasteiger partial charge in [0.15, 0.2) is 0 Å². The normalized spacial score (nSPS) is 11.0. The van der Waals surface area contributed by atoms with Crippen molar-refractivity contribution in [2.24, 2.45) is 0 Å². The Kier molecular flexibility index (Phi) is 4.76. The number of methoxy groups -OCH3 is 2. The number of sulfonamides is 1. The van der Waals surface area contributed by atoms with Crippen LogP contribution in [0, 0.1) is 5.82 Å². The molecule has 0 aliphatic carbocycles. The fraction of sp³-hybridized carbons (Fsp3) is 0.231. The van der Waals surface area contributed by atoms with E-state index in [0.717, 1.165) is 0 Å². The van der Waals surface area contributed by atoms with E-state index >= 15 is 0 Å². The van der Waals surface area contributed by atoms with E-state index in [-0.39, 0.29) is 23.1 Å². The highest BCUT2D eigenvalue weighted by Crippen LogP contribution is 2.24. The molecule has 0 spiro atoms. The van der Waals surface area contributed by atoms with Gasteiger partial charge in [0, 0.05) is 5.56 Å². The van der Waals surface area contributed by atoms with Gasteiger partial charge < -0.3 is 9.47 Å². The lowest BCUT2D eigenvalue weighted by molar-refractivity contribution is 0.353. The highest BCUT2D eigenvalue weighted by molar-refractivity contribution is 7.91. The minimum atomic E-state index is -3.85. The van der Waals surface area contributed by atoms with Gasteiger partial charge in [-0.05, 0) is 6.07 Å². The van der Waals surface area contributed by atoms with Crippen LogP contribution in [-0.2, 0) is 15.8 Å². The molecule has 0 radical (unpaired) electrons. The molecule has 1 heterocycles. The summed E-state index contributed by atoms with van der Waals surface area (Å²) in [5.41, 5.74) is 0.100. The zero-order chi connectivity index (χ0) is 16.2. The second-order valence-electron chi connectivity index (χ2n) is 4.23. The van der Waals surface area contributed by atoms with E-state index in [9.17, 15) is 12.8 Å². The van der Waals surface area contributed by atoms with Crippen molar-refractivity contribution in [3.8, 4) is 11.9 Å². The molecule has 1 aromatic carbocycles. The summed E-state index contributed by atoms with van der Waals surface area (Å²) in [6.45, 7) is 0. The summed E-state index contributed by atoms with van der Waals surface area (Å²) in [7, 11) is -1.15. The van der Waals surface area contributed by atoms with Crippen LogP contribution in [-0.4, -0.2) is 32.6 Å². The summed E-state index contributed by atoms with van der Waals surface area (Å²) in [4.78, 5) is 7.66. The standard InChI is InChI=1S/C13H14FN3O4S/c1-20-12-11(7-15-13(16-12)21-2)17-22(18,19)8-9-5-3-4-6-10(9)14/h3-7,17H,8H2,1-2H3. The summed E-state index contributed by atoms with van der Waals surface area (Å²) >= 11 is 0. The quantitative estimate of drug-likeness (QED) is 0.866. The van der Waals surface area contributed by atoms with E-state index in [1.54, 1.807) is 6.07 Å². The lowest BCUT2D eigenvalue weighted by Gasteiger charge is -2.11. The smallest absolute Gasteiger partial charge is 0.319 e. The zero-order valence-corrected chi connectivity index (χ0v) is 12.7. The van der Waals surface area contributed by atoms with Crippen molar-refractivity contribution in [2.75, 3.05) is 18.9 Å². The molecule has 118 valence electrons. The molecule has 0 saturated heterocycles. The second-order valence-corrected chi connectivity index (χ2v) is 5.95. The van der Waals surface area contributed by atoms with Crippen LogP contribution in [0.2, 0.25) is 0 Å². The molecule has 0 saturated carbocycles. The van der Waals surface area contributed by atoms with Crippen molar-refractivity contribution in [3.05, 3.63) is 41.8 Å². The van der Waals surface area contributed by atoms with Crippen LogP contribution in [0.15, 0.2) is 30.5 Å². The monoisotopic (exact) mass is 327 g/mol. The molecular weight excluding hydrogens is 313 g/mol. The molecular formula is C13H14FN3O4S. The van der Waals surface area contributed by atoms with Gasteiger partial charge in [0.25, 0.3) is 0 Å². The van der Waals surface area contributed by atoms with Crippen molar-refractivity contribution in [2.45, 2.75) is 5.75 Å². The molecule has 0 bridgehead atoms. The van der Waals surface area contributed by atoms with E-state index in [4.69, 9.17) is 9.47 Å². The molecule has 0 amide bonds. The van der Waals surface area contributed by atoms with Gasteiger partial charge in [0.2, 0.25) is 15.9 Å². The van der Waals surface area contributed by atoms with E-state index in [0.29, 0.717) is 0 Å². The number of hydrogen-bond donors (Lipinski definition) is 1. The number of rotatable bonds is 6. The Labute approximate surface area is 127 Å². The van der Waals surface area contributed by atoms with Crippen LogP contribution in [0.5, 0.6) is 11.9 Å². The van der Waals surface area contributed by atoms with Crippen LogP contribution in [0.4, 0.5) is 10.1 Å². The highest BCUT2D eigenvalue weighted by Gasteiger charge is 2.18. The van der Waals surface area contributed by atoms with Gasteiger partial charge >= 0.3 is 6.01 Å². The van der Waals surface area contributed by atoms with Crippen LogP contribution in [0.25, 0.3) is 0 Å². The van der Waals surface area contributed by atoms with Crippen molar-refractivity contribution >= 4 is 15.7 Å². The Morgan fingerprint density at radius 2 is 1.95 bits per heavy atom. The molecule has 9 heteroatoms. The third kappa shape index (κ3) is 3.82. The third-order valence-electron chi connectivity index (χ3n) is 2.68. The van der Waals surface area contributed by atoms with E-state index < -0.39 is 21.6 Å². The molecule has 1 aromatic heterocycles. The van der Waals surface area contributed by atoms with Gasteiger partial charge in [-0.25, -0.2) is 17.8 Å². The van der Waals surface area contributed by atoms with Gasteiger partial charge in [0.1, 0.15) is 11.5 Å². The van der Waals surface area contributed by atoms with E-state index in [1.165, 1.54) is 38.6 Å². The minimum Gasteiger partial charge on any atom is -0.479 e. The number of aromatic nitrogens is 2. The number of hydrogen-bond acceptors (Lipinski definition) is 6. The maximum atomic E-state index is 13.5. The predicted octanol–water partition coefficient (Wildman–Crippen LogP) is 1.57. The fourth-order valence-electron chi connectivity index (χ4n) is 1.70. The summed E-state index contributed by atoms with van der Waals surface area (Å²) < 4.78 is 49.9. The second kappa shape index (κ2) is 6.56. The van der Waals surface area contributed by atoms with Crippen LogP contribution < -0.4 is 14.2 Å². The van der Waals surface area contributed by atoms with Crippen molar-refractivity contribution < 1.29 is 22.3 Å². The van der Waals surface area contributed by atoms with Crippen LogP contribution >= 0.6 is 0 Å². The molecule has 0 fully saturated rings. The first-order valence-electron chi connectivity index (χ1n) is 6.14. The number of anilines is 1. The van der Waals surface area contributed by atoms with Gasteiger partial charge in [-0.15, -0.1) is 0 Å². The molecule has 1 N–H and O–H groups in total. The highest BCUT2D eigenvalue weighted by atomic mass is 32.2. The number of ether oxygens (including phenoxy) is 2. The van der Waals surface area contributed by atoms with Gasteiger partial charge in [0.05, 0.1) is 26.2 Å². The molecule has 0 unspecified atom stereocenters. The maximum absolute atomic E-state index is 13.5. The first kappa shape index (κ1) is 16.0. The Morgan fingerprint density at radius 3 is 2.59 bits per heavy atom. The first-order chi connectivity index (χ1) is 10.4. The average molecular weight is 327 g/mol. The van der Waals surface area contributed by atoms with E-state index in [1.807, 2.05) is 0 Å². The average Bonchev–Trinajstić information content (AvgIpc) is 2.49. The summed E-state index contributed by atoms with van der Waals surface area (Å²) in [6.07, 6.45) is 1.21.